The molecule has 4 aliphatic rings. The quantitative estimate of drug-likeness (QED) is 0.195. The van der Waals surface area contributed by atoms with E-state index in [4.69, 9.17) is 0 Å². The lowest BCUT2D eigenvalue weighted by Gasteiger charge is -2.72. The molecule has 0 saturated heterocycles. The summed E-state index contributed by atoms with van der Waals surface area (Å²) in [6.07, 6.45) is 10.6. The van der Waals surface area contributed by atoms with Crippen LogP contribution in [0.15, 0.2) is 42.5 Å². The second-order valence-electron chi connectivity index (χ2n) is 18.7. The lowest BCUT2D eigenvalue weighted by atomic mass is 9.32. The highest BCUT2D eigenvalue weighted by molar-refractivity contribution is 5.94. The Balaban J connectivity index is 1.12. The fourth-order valence-electron chi connectivity index (χ4n) is 13.1. The van der Waals surface area contributed by atoms with Gasteiger partial charge in [0.1, 0.15) is 5.82 Å². The van der Waals surface area contributed by atoms with E-state index in [2.05, 4.69) is 59.1 Å². The Morgan fingerprint density at radius 1 is 0.849 bits per heavy atom. The first-order valence-electron chi connectivity index (χ1n) is 20.3. The summed E-state index contributed by atoms with van der Waals surface area (Å²) >= 11 is 0. The fraction of sp³-hybridized carbons (Fsp3) is 0.667. The van der Waals surface area contributed by atoms with Crippen LogP contribution in [0.1, 0.15) is 145 Å². The molecule has 8 heteroatoms. The van der Waals surface area contributed by atoms with E-state index >= 15 is 0 Å². The van der Waals surface area contributed by atoms with E-state index in [1.807, 2.05) is 18.2 Å². The largest absolute Gasteiger partial charge is 0.478 e. The lowest BCUT2D eigenvalue weighted by Crippen LogP contribution is -2.67. The molecule has 4 aliphatic carbocycles. The molecular weight excluding hydrogens is 668 g/mol. The molecule has 0 aromatic heterocycles. The van der Waals surface area contributed by atoms with E-state index in [9.17, 15) is 29.0 Å². The number of carbonyl (C=O) groups excluding carboxylic acids is 2. The number of halogens is 1. The van der Waals surface area contributed by atoms with Gasteiger partial charge >= 0.3 is 5.97 Å². The van der Waals surface area contributed by atoms with Gasteiger partial charge in [-0.25, -0.2) is 9.18 Å². The van der Waals surface area contributed by atoms with Gasteiger partial charge in [0, 0.05) is 18.7 Å². The molecule has 0 heterocycles. The van der Waals surface area contributed by atoms with Crippen molar-refractivity contribution in [1.29, 1.82) is 0 Å². The molecule has 2 aromatic carbocycles. The maximum absolute atomic E-state index is 14.5. The SMILES string of the molecule is CCCC1(C(=O)NCc2cccc(C(=O)NCCc3ccc(F)c(C(=O)O)c3)c2)CC[C@]2(C)C(CCC3C4(C)CCC(O)C(C)(C)C4CCC32C)C1C. The van der Waals surface area contributed by atoms with E-state index in [0.717, 1.165) is 56.6 Å². The Hall–Kier alpha value is -3.26. The molecule has 2 aromatic rings. The van der Waals surface area contributed by atoms with Crippen molar-refractivity contribution in [2.75, 3.05) is 6.54 Å². The molecule has 8 unspecified atom stereocenters. The van der Waals surface area contributed by atoms with Gasteiger partial charge in [-0.1, -0.05) is 73.1 Å². The van der Waals surface area contributed by atoms with Crippen LogP contribution in [0.3, 0.4) is 0 Å². The van der Waals surface area contributed by atoms with E-state index < -0.39 is 17.2 Å². The zero-order valence-electron chi connectivity index (χ0n) is 33.1. The Bertz CT molecular complexity index is 1730. The molecule has 4 saturated carbocycles. The molecular formula is C45H63FN2O5. The number of hydrogen-bond acceptors (Lipinski definition) is 4. The smallest absolute Gasteiger partial charge is 0.338 e. The van der Waals surface area contributed by atoms with Crippen molar-refractivity contribution < 1.29 is 29.0 Å². The number of nitrogens with one attached hydrogen (secondary N) is 2. The maximum atomic E-state index is 14.5. The molecule has 2 amide bonds. The Morgan fingerprint density at radius 2 is 1.60 bits per heavy atom. The van der Waals surface area contributed by atoms with Gasteiger partial charge in [0.2, 0.25) is 5.91 Å². The number of aliphatic hydroxyl groups is 1. The zero-order valence-corrected chi connectivity index (χ0v) is 33.1. The highest BCUT2D eigenvalue weighted by Crippen LogP contribution is 2.75. The predicted molar refractivity (Wildman–Crippen MR) is 206 cm³/mol. The Morgan fingerprint density at radius 3 is 2.32 bits per heavy atom. The van der Waals surface area contributed by atoms with Gasteiger partial charge in [-0.2, -0.15) is 0 Å². The summed E-state index contributed by atoms with van der Waals surface area (Å²) in [5.74, 6) is -0.369. The molecule has 53 heavy (non-hydrogen) atoms. The molecule has 0 aliphatic heterocycles. The van der Waals surface area contributed by atoms with Crippen LogP contribution in [0.25, 0.3) is 0 Å². The number of aromatic carboxylic acids is 1. The first-order valence-corrected chi connectivity index (χ1v) is 20.3. The minimum absolute atomic E-state index is 0.0651. The van der Waals surface area contributed by atoms with Gasteiger partial charge in [0.05, 0.1) is 17.1 Å². The summed E-state index contributed by atoms with van der Waals surface area (Å²) in [4.78, 5) is 38.8. The molecule has 7 nitrogen and oxygen atoms in total. The first-order chi connectivity index (χ1) is 24.9. The molecule has 9 atom stereocenters. The Labute approximate surface area is 316 Å². The monoisotopic (exact) mass is 730 g/mol. The topological polar surface area (TPSA) is 116 Å². The fourth-order valence-corrected chi connectivity index (χ4v) is 13.1. The third-order valence-electron chi connectivity index (χ3n) is 16.2. The minimum Gasteiger partial charge on any atom is -0.478 e. The summed E-state index contributed by atoms with van der Waals surface area (Å²) in [6, 6.07) is 11.3. The van der Waals surface area contributed by atoms with Gasteiger partial charge in [0.25, 0.3) is 5.91 Å². The second kappa shape index (κ2) is 14.4. The van der Waals surface area contributed by atoms with E-state index in [-0.39, 0.29) is 57.6 Å². The predicted octanol–water partition coefficient (Wildman–Crippen LogP) is 8.97. The van der Waals surface area contributed by atoms with Crippen molar-refractivity contribution in [2.45, 2.75) is 132 Å². The average Bonchev–Trinajstić information content (AvgIpc) is 3.11. The van der Waals surface area contributed by atoms with E-state index in [0.29, 0.717) is 41.8 Å². The van der Waals surface area contributed by atoms with Crippen LogP contribution >= 0.6 is 0 Å². The second-order valence-corrected chi connectivity index (χ2v) is 18.7. The Kier molecular flexibility index (Phi) is 10.7. The maximum Gasteiger partial charge on any atom is 0.338 e. The number of carbonyl (C=O) groups is 3. The van der Waals surface area contributed by atoms with Crippen LogP contribution in [-0.2, 0) is 17.8 Å². The molecule has 0 bridgehead atoms. The van der Waals surface area contributed by atoms with Gasteiger partial charge < -0.3 is 20.8 Å². The number of hydrogen-bond donors (Lipinski definition) is 4. The summed E-state index contributed by atoms with van der Waals surface area (Å²) < 4.78 is 13.8. The van der Waals surface area contributed by atoms with Crippen LogP contribution in [0, 0.1) is 56.6 Å². The number of rotatable bonds is 10. The van der Waals surface area contributed by atoms with Crippen molar-refractivity contribution in [3.05, 3.63) is 70.5 Å². The van der Waals surface area contributed by atoms with Crippen molar-refractivity contribution in [1.82, 2.24) is 10.6 Å². The lowest BCUT2D eigenvalue weighted by molar-refractivity contribution is -0.246. The average molecular weight is 731 g/mol. The van der Waals surface area contributed by atoms with Crippen molar-refractivity contribution in [3.63, 3.8) is 0 Å². The summed E-state index contributed by atoms with van der Waals surface area (Å²) in [7, 11) is 0. The number of aliphatic hydroxyl groups excluding tert-OH is 1. The number of carboxylic acid groups (broad SMARTS) is 1. The number of benzene rings is 2. The van der Waals surface area contributed by atoms with Crippen LogP contribution in [-0.4, -0.2) is 40.6 Å². The molecule has 6 rings (SSSR count). The van der Waals surface area contributed by atoms with Crippen LogP contribution < -0.4 is 10.6 Å². The number of carboxylic acids is 1. The molecule has 0 spiro atoms. The van der Waals surface area contributed by atoms with Crippen LogP contribution in [0.5, 0.6) is 0 Å². The summed E-state index contributed by atoms with van der Waals surface area (Å²) in [5.41, 5.74) is 1.65. The third kappa shape index (κ3) is 6.53. The third-order valence-corrected chi connectivity index (χ3v) is 16.2. The van der Waals surface area contributed by atoms with E-state index in [1.54, 1.807) is 6.07 Å². The highest BCUT2D eigenvalue weighted by Gasteiger charge is 2.69. The normalized spacial score (nSPS) is 36.0. The molecule has 4 fully saturated rings. The number of amides is 2. The summed E-state index contributed by atoms with van der Waals surface area (Å²) in [6.45, 7) is 17.5. The number of fused-ring (bicyclic) bond motifs is 5. The van der Waals surface area contributed by atoms with Crippen molar-refractivity contribution in [2.24, 2.45) is 50.7 Å². The van der Waals surface area contributed by atoms with E-state index in [1.165, 1.54) is 31.4 Å². The standard InChI is InChI=1S/C45H63FN2O5/c1-8-19-45(40(53)48-27-30-10-9-11-31(25-30)38(50)47-24-18-29-12-14-34(46)32(26-29)39(51)52)23-22-43(6)33(28(45)2)13-15-36-42(5)20-17-37(49)41(3,4)35(42)16-21-44(36,43)7/h9-12,14,25-26,28,33,35-37,49H,8,13,15-24,27H2,1-7H3,(H,47,50)(H,48,53)(H,51,52)/t28?,33?,35?,36?,37?,42?,43-,44?,45?/m1/s1. The van der Waals surface area contributed by atoms with Gasteiger partial charge in [0.15, 0.2) is 0 Å². The zero-order chi connectivity index (χ0) is 38.6. The van der Waals surface area contributed by atoms with Gasteiger partial charge in [-0.15, -0.1) is 0 Å². The van der Waals surface area contributed by atoms with Gasteiger partial charge in [-0.3, -0.25) is 9.59 Å². The van der Waals surface area contributed by atoms with Crippen LogP contribution in [0.2, 0.25) is 0 Å². The summed E-state index contributed by atoms with van der Waals surface area (Å²) in [5, 5.41) is 26.5. The van der Waals surface area contributed by atoms with Crippen molar-refractivity contribution in [3.8, 4) is 0 Å². The molecule has 0 radical (unpaired) electrons. The van der Waals surface area contributed by atoms with Crippen molar-refractivity contribution >= 4 is 17.8 Å². The van der Waals surface area contributed by atoms with Crippen LogP contribution in [0.4, 0.5) is 4.39 Å². The molecule has 290 valence electrons. The molecule has 4 N–H and O–H groups in total. The minimum atomic E-state index is -1.33. The van der Waals surface area contributed by atoms with Gasteiger partial charge in [-0.05, 0) is 145 Å². The first kappa shape index (κ1) is 39.4. The highest BCUT2D eigenvalue weighted by atomic mass is 19.1.